The molecule has 1 amide bonds. The van der Waals surface area contributed by atoms with Crippen LogP contribution in [-0.4, -0.2) is 29.2 Å². The van der Waals surface area contributed by atoms with Crippen molar-refractivity contribution in [2.45, 2.75) is 19.3 Å². The SMILES string of the molecule is O=C(c1ccco1)N1CCCC(CCBr)C1. The Bertz CT molecular complexity index is 335. The average molecular weight is 286 g/mol. The van der Waals surface area contributed by atoms with Gasteiger partial charge in [0.1, 0.15) is 0 Å². The number of carbonyl (C=O) groups is 1. The Labute approximate surface area is 104 Å². The smallest absolute Gasteiger partial charge is 0.289 e. The molecule has 88 valence electrons. The van der Waals surface area contributed by atoms with Crippen LogP contribution in [0.2, 0.25) is 0 Å². The lowest BCUT2D eigenvalue weighted by Crippen LogP contribution is -2.39. The van der Waals surface area contributed by atoms with Gasteiger partial charge in [-0.15, -0.1) is 0 Å². The number of piperidine rings is 1. The molecule has 1 aromatic rings. The zero-order valence-corrected chi connectivity index (χ0v) is 10.8. The van der Waals surface area contributed by atoms with Crippen LogP contribution in [0, 0.1) is 5.92 Å². The van der Waals surface area contributed by atoms with Gasteiger partial charge in [-0.1, -0.05) is 15.9 Å². The summed E-state index contributed by atoms with van der Waals surface area (Å²) in [5, 5.41) is 1.01. The first kappa shape index (κ1) is 11.7. The van der Waals surface area contributed by atoms with Gasteiger partial charge in [0.15, 0.2) is 5.76 Å². The largest absolute Gasteiger partial charge is 0.459 e. The number of amides is 1. The van der Waals surface area contributed by atoms with E-state index in [1.165, 1.54) is 6.42 Å². The van der Waals surface area contributed by atoms with E-state index >= 15 is 0 Å². The van der Waals surface area contributed by atoms with E-state index in [2.05, 4.69) is 15.9 Å². The Morgan fingerprint density at radius 3 is 3.19 bits per heavy atom. The number of likely N-dealkylation sites (tertiary alicyclic amines) is 1. The second-order valence-electron chi connectivity index (χ2n) is 4.21. The first-order valence-corrected chi connectivity index (χ1v) is 6.82. The zero-order valence-electron chi connectivity index (χ0n) is 9.19. The summed E-state index contributed by atoms with van der Waals surface area (Å²) in [4.78, 5) is 13.9. The van der Waals surface area contributed by atoms with Gasteiger partial charge < -0.3 is 9.32 Å². The van der Waals surface area contributed by atoms with Crippen molar-refractivity contribution in [3.8, 4) is 0 Å². The molecule has 0 saturated carbocycles. The van der Waals surface area contributed by atoms with Gasteiger partial charge in [0.05, 0.1) is 6.26 Å². The maximum atomic E-state index is 12.0. The molecule has 3 nitrogen and oxygen atoms in total. The zero-order chi connectivity index (χ0) is 11.4. The summed E-state index contributed by atoms with van der Waals surface area (Å²) in [5.41, 5.74) is 0. The summed E-state index contributed by atoms with van der Waals surface area (Å²) in [6.45, 7) is 1.73. The summed E-state index contributed by atoms with van der Waals surface area (Å²) < 4.78 is 5.14. The summed E-state index contributed by atoms with van der Waals surface area (Å²) in [7, 11) is 0. The maximum Gasteiger partial charge on any atom is 0.289 e. The molecule has 1 atom stereocenters. The van der Waals surface area contributed by atoms with Crippen molar-refractivity contribution in [2.75, 3.05) is 18.4 Å². The molecule has 2 rings (SSSR count). The highest BCUT2D eigenvalue weighted by Crippen LogP contribution is 2.21. The fourth-order valence-electron chi connectivity index (χ4n) is 2.20. The van der Waals surface area contributed by atoms with Crippen molar-refractivity contribution in [3.05, 3.63) is 24.2 Å². The number of nitrogens with zero attached hydrogens (tertiary/aromatic N) is 1. The normalized spacial score (nSPS) is 21.1. The molecular formula is C12H16BrNO2. The van der Waals surface area contributed by atoms with E-state index in [0.29, 0.717) is 11.7 Å². The Kier molecular flexibility index (Phi) is 4.04. The molecule has 0 aromatic carbocycles. The lowest BCUT2D eigenvalue weighted by Gasteiger charge is -2.31. The average Bonchev–Trinajstić information content (AvgIpc) is 2.82. The van der Waals surface area contributed by atoms with Crippen LogP contribution in [0.15, 0.2) is 22.8 Å². The number of rotatable bonds is 3. The van der Waals surface area contributed by atoms with Gasteiger partial charge in [-0.05, 0) is 37.3 Å². The van der Waals surface area contributed by atoms with E-state index in [1.54, 1.807) is 18.4 Å². The fourth-order valence-corrected chi connectivity index (χ4v) is 2.84. The topological polar surface area (TPSA) is 33.5 Å². The van der Waals surface area contributed by atoms with Crippen LogP contribution in [0.3, 0.4) is 0 Å². The number of alkyl halides is 1. The third kappa shape index (κ3) is 2.67. The van der Waals surface area contributed by atoms with Crippen molar-refractivity contribution in [1.82, 2.24) is 4.90 Å². The molecule has 0 N–H and O–H groups in total. The summed E-state index contributed by atoms with van der Waals surface area (Å²) in [5.74, 6) is 1.12. The lowest BCUT2D eigenvalue weighted by molar-refractivity contribution is 0.0640. The van der Waals surface area contributed by atoms with Crippen LogP contribution in [0.4, 0.5) is 0 Å². The third-order valence-corrected chi connectivity index (χ3v) is 3.51. The molecule has 2 heterocycles. The number of carbonyl (C=O) groups excluding carboxylic acids is 1. The van der Waals surface area contributed by atoms with Gasteiger partial charge in [0, 0.05) is 18.4 Å². The Morgan fingerprint density at radius 2 is 2.50 bits per heavy atom. The van der Waals surface area contributed by atoms with E-state index in [9.17, 15) is 4.79 Å². The predicted octanol–water partition coefficient (Wildman–Crippen LogP) is 2.92. The number of hydrogen-bond acceptors (Lipinski definition) is 2. The first-order valence-electron chi connectivity index (χ1n) is 5.70. The molecule has 1 aromatic heterocycles. The van der Waals surface area contributed by atoms with Crippen LogP contribution in [0.1, 0.15) is 29.8 Å². The van der Waals surface area contributed by atoms with E-state index in [1.807, 2.05) is 4.90 Å². The highest BCUT2D eigenvalue weighted by molar-refractivity contribution is 9.09. The van der Waals surface area contributed by atoms with Crippen LogP contribution >= 0.6 is 15.9 Å². The van der Waals surface area contributed by atoms with Crippen LogP contribution in [0.25, 0.3) is 0 Å². The van der Waals surface area contributed by atoms with Crippen LogP contribution < -0.4 is 0 Å². The molecule has 0 spiro atoms. The first-order chi connectivity index (χ1) is 7.81. The van der Waals surface area contributed by atoms with Gasteiger partial charge in [-0.25, -0.2) is 0 Å². The number of halogens is 1. The monoisotopic (exact) mass is 285 g/mol. The summed E-state index contributed by atoms with van der Waals surface area (Å²) in [6.07, 6.45) is 5.02. The molecule has 16 heavy (non-hydrogen) atoms. The van der Waals surface area contributed by atoms with Gasteiger partial charge in [-0.2, -0.15) is 0 Å². The molecule has 0 bridgehead atoms. The van der Waals surface area contributed by atoms with Gasteiger partial charge in [0.25, 0.3) is 5.91 Å². The van der Waals surface area contributed by atoms with Gasteiger partial charge >= 0.3 is 0 Å². The number of hydrogen-bond donors (Lipinski definition) is 0. The lowest BCUT2D eigenvalue weighted by atomic mass is 9.95. The van der Waals surface area contributed by atoms with Crippen molar-refractivity contribution in [3.63, 3.8) is 0 Å². The minimum absolute atomic E-state index is 0.0317. The van der Waals surface area contributed by atoms with E-state index in [4.69, 9.17) is 4.42 Å². The van der Waals surface area contributed by atoms with Gasteiger partial charge in [-0.3, -0.25) is 4.79 Å². The molecule has 4 heteroatoms. The van der Waals surface area contributed by atoms with Crippen LogP contribution in [0.5, 0.6) is 0 Å². The number of furan rings is 1. The van der Waals surface area contributed by atoms with E-state index < -0.39 is 0 Å². The van der Waals surface area contributed by atoms with Crippen molar-refractivity contribution >= 4 is 21.8 Å². The highest BCUT2D eigenvalue weighted by Gasteiger charge is 2.25. The van der Waals surface area contributed by atoms with E-state index in [0.717, 1.165) is 31.3 Å². The quantitative estimate of drug-likeness (QED) is 0.800. The van der Waals surface area contributed by atoms with E-state index in [-0.39, 0.29) is 5.91 Å². The van der Waals surface area contributed by atoms with Gasteiger partial charge in [0.2, 0.25) is 0 Å². The molecule has 0 radical (unpaired) electrons. The summed E-state index contributed by atoms with van der Waals surface area (Å²) in [6, 6.07) is 3.49. The minimum atomic E-state index is 0.0317. The summed E-state index contributed by atoms with van der Waals surface area (Å²) >= 11 is 3.46. The van der Waals surface area contributed by atoms with Crippen molar-refractivity contribution < 1.29 is 9.21 Å². The molecule has 1 fully saturated rings. The molecule has 1 aliphatic rings. The molecule has 1 saturated heterocycles. The van der Waals surface area contributed by atoms with Crippen molar-refractivity contribution in [1.29, 1.82) is 0 Å². The third-order valence-electron chi connectivity index (χ3n) is 3.06. The standard InChI is InChI=1S/C12H16BrNO2/c13-6-5-10-3-1-7-14(9-10)12(15)11-4-2-8-16-11/h2,4,8,10H,1,3,5-7,9H2. The second-order valence-corrected chi connectivity index (χ2v) is 5.01. The maximum absolute atomic E-state index is 12.0. The molecular weight excluding hydrogens is 270 g/mol. The Balaban J connectivity index is 1.96. The molecule has 0 aliphatic carbocycles. The highest BCUT2D eigenvalue weighted by atomic mass is 79.9. The Morgan fingerprint density at radius 1 is 1.62 bits per heavy atom. The Hall–Kier alpha value is -0.770. The fraction of sp³-hybridized carbons (Fsp3) is 0.583. The molecule has 1 unspecified atom stereocenters. The van der Waals surface area contributed by atoms with Crippen LogP contribution in [-0.2, 0) is 0 Å². The minimum Gasteiger partial charge on any atom is -0.459 e. The second kappa shape index (κ2) is 5.53. The molecule has 1 aliphatic heterocycles. The predicted molar refractivity (Wildman–Crippen MR) is 65.7 cm³/mol. The van der Waals surface area contributed by atoms with Crippen molar-refractivity contribution in [2.24, 2.45) is 5.92 Å².